The van der Waals surface area contributed by atoms with E-state index in [-0.39, 0.29) is 0 Å². The molecule has 3 rings (SSSR count). The summed E-state index contributed by atoms with van der Waals surface area (Å²) in [5.74, 6) is 1.31. The van der Waals surface area contributed by atoms with Gasteiger partial charge in [0.15, 0.2) is 5.65 Å². The summed E-state index contributed by atoms with van der Waals surface area (Å²) in [5.41, 5.74) is 9.17. The molecule has 0 amide bonds. The molecule has 0 saturated heterocycles. The van der Waals surface area contributed by atoms with Gasteiger partial charge in [-0.25, -0.2) is 9.97 Å². The molecule has 0 spiro atoms. The lowest BCUT2D eigenvalue weighted by Gasteiger charge is -2.29. The minimum atomic E-state index is 0.389. The number of imidazole rings is 1. The molecule has 1 aliphatic carbocycles. The number of fused-ring (bicyclic) bond motifs is 1. The van der Waals surface area contributed by atoms with Crippen LogP contribution in [0.2, 0.25) is 0 Å². The number of anilines is 1. The molecule has 2 heterocycles. The van der Waals surface area contributed by atoms with Crippen LogP contribution >= 0.6 is 0 Å². The third-order valence-corrected chi connectivity index (χ3v) is 4.55. The predicted molar refractivity (Wildman–Crippen MR) is 78.0 cm³/mol. The molecule has 1 atom stereocenters. The fourth-order valence-electron chi connectivity index (χ4n) is 3.36. The van der Waals surface area contributed by atoms with Crippen LogP contribution in [0.4, 0.5) is 5.95 Å². The highest BCUT2D eigenvalue weighted by Gasteiger charge is 2.25. The Morgan fingerprint density at radius 1 is 1.32 bits per heavy atom. The summed E-state index contributed by atoms with van der Waals surface area (Å²) in [6.07, 6.45) is 8.50. The lowest BCUT2D eigenvalue weighted by molar-refractivity contribution is 0.269. The van der Waals surface area contributed by atoms with Crippen molar-refractivity contribution in [2.45, 2.75) is 52.0 Å². The number of aryl methyl sites for hydroxylation is 1. The topological polar surface area (TPSA) is 56.7 Å². The van der Waals surface area contributed by atoms with Crippen LogP contribution in [-0.4, -0.2) is 14.5 Å². The Morgan fingerprint density at radius 3 is 2.79 bits per heavy atom. The Kier molecular flexibility index (Phi) is 3.17. The molecule has 0 bridgehead atoms. The van der Waals surface area contributed by atoms with Crippen molar-refractivity contribution in [1.82, 2.24) is 14.5 Å². The average Bonchev–Trinajstić information content (AvgIpc) is 2.77. The molecule has 102 valence electrons. The Morgan fingerprint density at radius 2 is 2.05 bits per heavy atom. The SMILES string of the molecule is Cc1ccnc2c1nc(N)n2C(C)C1CCCCC1. The molecule has 19 heavy (non-hydrogen) atoms. The molecule has 0 aliphatic heterocycles. The van der Waals surface area contributed by atoms with E-state index in [9.17, 15) is 0 Å². The van der Waals surface area contributed by atoms with Crippen molar-refractivity contribution in [2.24, 2.45) is 5.92 Å². The largest absolute Gasteiger partial charge is 0.369 e. The van der Waals surface area contributed by atoms with Gasteiger partial charge in [-0.3, -0.25) is 4.57 Å². The molecule has 4 nitrogen and oxygen atoms in total. The lowest BCUT2D eigenvalue weighted by atomic mass is 9.84. The van der Waals surface area contributed by atoms with Crippen LogP contribution in [0.25, 0.3) is 11.2 Å². The van der Waals surface area contributed by atoms with Crippen LogP contribution in [-0.2, 0) is 0 Å². The second-order valence-electron chi connectivity index (χ2n) is 5.78. The van der Waals surface area contributed by atoms with Gasteiger partial charge in [-0.15, -0.1) is 0 Å². The standard InChI is InChI=1S/C15H22N4/c1-10-8-9-17-14-13(10)18-15(16)19(14)11(2)12-6-4-3-5-7-12/h8-9,11-12H,3-7H2,1-2H3,(H2,16,18). The number of nitrogen functional groups attached to an aromatic ring is 1. The molecule has 2 aromatic heterocycles. The van der Waals surface area contributed by atoms with Crippen molar-refractivity contribution in [1.29, 1.82) is 0 Å². The van der Waals surface area contributed by atoms with E-state index in [0.29, 0.717) is 17.9 Å². The molecule has 1 aliphatic rings. The first kappa shape index (κ1) is 12.5. The maximum absolute atomic E-state index is 6.14. The van der Waals surface area contributed by atoms with Crippen molar-refractivity contribution < 1.29 is 0 Å². The molecule has 4 heteroatoms. The van der Waals surface area contributed by atoms with Gasteiger partial charge in [0, 0.05) is 12.2 Å². The second-order valence-corrected chi connectivity index (χ2v) is 5.78. The third kappa shape index (κ3) is 2.09. The summed E-state index contributed by atoms with van der Waals surface area (Å²) in [5, 5.41) is 0. The zero-order valence-corrected chi connectivity index (χ0v) is 11.8. The highest BCUT2D eigenvalue weighted by molar-refractivity contribution is 5.77. The summed E-state index contributed by atoms with van der Waals surface area (Å²) in [7, 11) is 0. The number of nitrogens with two attached hydrogens (primary N) is 1. The molecule has 2 aromatic rings. The summed E-state index contributed by atoms with van der Waals surface area (Å²) in [6.45, 7) is 4.32. The number of hydrogen-bond acceptors (Lipinski definition) is 3. The highest BCUT2D eigenvalue weighted by Crippen LogP contribution is 2.35. The molecule has 0 radical (unpaired) electrons. The van der Waals surface area contributed by atoms with Crippen molar-refractivity contribution >= 4 is 17.1 Å². The minimum Gasteiger partial charge on any atom is -0.369 e. The van der Waals surface area contributed by atoms with E-state index in [0.717, 1.165) is 16.7 Å². The summed E-state index contributed by atoms with van der Waals surface area (Å²) in [6, 6.07) is 2.38. The number of hydrogen-bond donors (Lipinski definition) is 1. The normalized spacial score (nSPS) is 18.8. The van der Waals surface area contributed by atoms with Crippen molar-refractivity contribution in [2.75, 3.05) is 5.73 Å². The fraction of sp³-hybridized carbons (Fsp3) is 0.600. The van der Waals surface area contributed by atoms with E-state index < -0.39 is 0 Å². The van der Waals surface area contributed by atoms with Crippen LogP contribution in [0.15, 0.2) is 12.3 Å². The van der Waals surface area contributed by atoms with Crippen molar-refractivity contribution in [3.05, 3.63) is 17.8 Å². The Balaban J connectivity index is 2.03. The average molecular weight is 258 g/mol. The fourth-order valence-corrected chi connectivity index (χ4v) is 3.36. The quantitative estimate of drug-likeness (QED) is 0.897. The van der Waals surface area contributed by atoms with Gasteiger partial charge in [0.05, 0.1) is 0 Å². The first-order chi connectivity index (χ1) is 9.18. The third-order valence-electron chi connectivity index (χ3n) is 4.55. The molecular formula is C15H22N4. The van der Waals surface area contributed by atoms with Crippen LogP contribution in [0, 0.1) is 12.8 Å². The first-order valence-electron chi connectivity index (χ1n) is 7.27. The van der Waals surface area contributed by atoms with E-state index in [1.165, 1.54) is 32.1 Å². The lowest BCUT2D eigenvalue weighted by Crippen LogP contribution is -2.20. The second kappa shape index (κ2) is 4.83. The molecule has 1 saturated carbocycles. The van der Waals surface area contributed by atoms with Gasteiger partial charge < -0.3 is 5.73 Å². The summed E-state index contributed by atoms with van der Waals surface area (Å²) >= 11 is 0. The zero-order valence-electron chi connectivity index (χ0n) is 11.8. The van der Waals surface area contributed by atoms with E-state index in [1.807, 2.05) is 12.3 Å². The predicted octanol–water partition coefficient (Wildman–Crippen LogP) is 3.46. The number of pyridine rings is 1. The number of nitrogens with zero attached hydrogens (tertiary/aromatic N) is 3. The monoisotopic (exact) mass is 258 g/mol. The Hall–Kier alpha value is -1.58. The van der Waals surface area contributed by atoms with Gasteiger partial charge in [0.1, 0.15) is 5.52 Å². The van der Waals surface area contributed by atoms with Gasteiger partial charge in [-0.1, -0.05) is 19.3 Å². The van der Waals surface area contributed by atoms with Gasteiger partial charge in [-0.2, -0.15) is 0 Å². The van der Waals surface area contributed by atoms with Crippen LogP contribution in [0.1, 0.15) is 50.6 Å². The van der Waals surface area contributed by atoms with Gasteiger partial charge >= 0.3 is 0 Å². The summed E-state index contributed by atoms with van der Waals surface area (Å²) < 4.78 is 2.14. The molecular weight excluding hydrogens is 236 g/mol. The first-order valence-corrected chi connectivity index (χ1v) is 7.27. The number of aromatic nitrogens is 3. The minimum absolute atomic E-state index is 0.389. The maximum atomic E-state index is 6.14. The van der Waals surface area contributed by atoms with E-state index in [1.54, 1.807) is 0 Å². The molecule has 1 fully saturated rings. The molecule has 0 aromatic carbocycles. The van der Waals surface area contributed by atoms with Crippen LogP contribution in [0.3, 0.4) is 0 Å². The van der Waals surface area contributed by atoms with E-state index in [4.69, 9.17) is 5.73 Å². The number of rotatable bonds is 2. The molecule has 2 N–H and O–H groups in total. The zero-order chi connectivity index (χ0) is 13.4. The smallest absolute Gasteiger partial charge is 0.202 e. The van der Waals surface area contributed by atoms with Gasteiger partial charge in [-0.05, 0) is 44.2 Å². The van der Waals surface area contributed by atoms with E-state index >= 15 is 0 Å². The Labute approximate surface area is 114 Å². The van der Waals surface area contributed by atoms with Crippen LogP contribution in [0.5, 0.6) is 0 Å². The van der Waals surface area contributed by atoms with Crippen molar-refractivity contribution in [3.63, 3.8) is 0 Å². The summed E-state index contributed by atoms with van der Waals surface area (Å²) in [4.78, 5) is 9.01. The van der Waals surface area contributed by atoms with Crippen LogP contribution < -0.4 is 5.73 Å². The van der Waals surface area contributed by atoms with E-state index in [2.05, 4.69) is 28.4 Å². The Bertz CT molecular complexity index is 581. The van der Waals surface area contributed by atoms with Crippen molar-refractivity contribution in [3.8, 4) is 0 Å². The maximum Gasteiger partial charge on any atom is 0.202 e. The molecule has 1 unspecified atom stereocenters. The van der Waals surface area contributed by atoms with Gasteiger partial charge in [0.2, 0.25) is 5.95 Å². The highest BCUT2D eigenvalue weighted by atomic mass is 15.2. The van der Waals surface area contributed by atoms with Gasteiger partial charge in [0.25, 0.3) is 0 Å².